The minimum atomic E-state index is -0.228. The molecule has 2 fully saturated rings. The van der Waals surface area contributed by atoms with Crippen LogP contribution in [0.2, 0.25) is 0 Å². The number of carbonyl (C=O) groups is 1. The van der Waals surface area contributed by atoms with Gasteiger partial charge in [-0.25, -0.2) is 0 Å². The van der Waals surface area contributed by atoms with E-state index in [0.29, 0.717) is 25.7 Å². The lowest BCUT2D eigenvalue weighted by Crippen LogP contribution is -2.49. The maximum atomic E-state index is 13.4. The number of nitrogens with zero attached hydrogens (tertiary/aromatic N) is 3. The zero-order chi connectivity index (χ0) is 19.7. The van der Waals surface area contributed by atoms with Gasteiger partial charge in [0, 0.05) is 38.6 Å². The van der Waals surface area contributed by atoms with Gasteiger partial charge in [-0.3, -0.25) is 14.7 Å². The van der Waals surface area contributed by atoms with Gasteiger partial charge in [0.2, 0.25) is 5.91 Å². The molecular formula is C23H27N3O3. The van der Waals surface area contributed by atoms with Gasteiger partial charge in [-0.15, -0.1) is 0 Å². The zero-order valence-electron chi connectivity index (χ0n) is 16.7. The lowest BCUT2D eigenvalue weighted by Gasteiger charge is -2.39. The molecule has 1 spiro atoms. The summed E-state index contributed by atoms with van der Waals surface area (Å²) in [7, 11) is 0. The van der Waals surface area contributed by atoms with Crippen molar-refractivity contribution in [1.82, 2.24) is 14.8 Å². The van der Waals surface area contributed by atoms with Crippen LogP contribution in [0.5, 0.6) is 11.5 Å². The average molecular weight is 393 g/mol. The number of amides is 1. The van der Waals surface area contributed by atoms with Crippen LogP contribution < -0.4 is 9.47 Å². The number of pyridine rings is 1. The molecule has 0 N–H and O–H groups in total. The molecule has 3 aliphatic rings. The Morgan fingerprint density at radius 3 is 2.76 bits per heavy atom. The number of carbonyl (C=O) groups excluding carboxylic acids is 1. The Hall–Kier alpha value is -2.60. The van der Waals surface area contributed by atoms with Crippen molar-refractivity contribution in [2.24, 2.45) is 5.41 Å². The van der Waals surface area contributed by atoms with Gasteiger partial charge in [0.25, 0.3) is 0 Å². The van der Waals surface area contributed by atoms with E-state index in [1.54, 1.807) is 6.20 Å². The Bertz CT molecular complexity index is 888. The summed E-state index contributed by atoms with van der Waals surface area (Å²) in [5.41, 5.74) is 2.08. The third kappa shape index (κ3) is 3.69. The van der Waals surface area contributed by atoms with Crippen LogP contribution in [0, 0.1) is 5.41 Å². The van der Waals surface area contributed by atoms with E-state index >= 15 is 0 Å². The van der Waals surface area contributed by atoms with Crippen LogP contribution in [0.3, 0.4) is 0 Å². The van der Waals surface area contributed by atoms with Gasteiger partial charge in [-0.1, -0.05) is 12.1 Å². The Labute approximate surface area is 171 Å². The standard InChI is InChI=1S/C23H27N3O3/c27-22-23(6-2-9-26(22)16-19-3-1-8-24-14-19)7-10-25(17-23)15-18-4-5-20-21(13-18)29-12-11-28-20/h1,3-5,8,13-14H,2,6-7,9-12,15-17H2/t23-/m1/s1. The largest absolute Gasteiger partial charge is 0.486 e. The molecule has 0 aliphatic carbocycles. The predicted molar refractivity (Wildman–Crippen MR) is 109 cm³/mol. The quantitative estimate of drug-likeness (QED) is 0.800. The highest BCUT2D eigenvalue weighted by molar-refractivity contribution is 5.84. The van der Waals surface area contributed by atoms with Crippen LogP contribution in [-0.2, 0) is 17.9 Å². The van der Waals surface area contributed by atoms with Crippen LogP contribution in [0.1, 0.15) is 30.4 Å². The molecule has 0 radical (unpaired) electrons. The van der Waals surface area contributed by atoms with Gasteiger partial charge >= 0.3 is 0 Å². The first-order chi connectivity index (χ1) is 14.2. The van der Waals surface area contributed by atoms with Crippen LogP contribution in [0.15, 0.2) is 42.7 Å². The summed E-state index contributed by atoms with van der Waals surface area (Å²) in [6.45, 7) is 5.36. The fourth-order valence-corrected chi connectivity index (χ4v) is 4.93. The van der Waals surface area contributed by atoms with E-state index in [4.69, 9.17) is 9.47 Å². The van der Waals surface area contributed by atoms with E-state index < -0.39 is 0 Å². The van der Waals surface area contributed by atoms with Crippen molar-refractivity contribution in [2.45, 2.75) is 32.4 Å². The highest BCUT2D eigenvalue weighted by Gasteiger charge is 2.48. The third-order valence-corrected chi connectivity index (χ3v) is 6.37. The summed E-state index contributed by atoms with van der Waals surface area (Å²) in [5, 5.41) is 0. The van der Waals surface area contributed by atoms with E-state index in [0.717, 1.165) is 62.5 Å². The average Bonchev–Trinajstić information content (AvgIpc) is 3.15. The van der Waals surface area contributed by atoms with E-state index in [9.17, 15) is 4.79 Å². The molecule has 2 saturated heterocycles. The van der Waals surface area contributed by atoms with Gasteiger partial charge in [-0.05, 0) is 55.1 Å². The Morgan fingerprint density at radius 1 is 1.00 bits per heavy atom. The van der Waals surface area contributed by atoms with Crippen molar-refractivity contribution in [3.8, 4) is 11.5 Å². The first kappa shape index (κ1) is 18.4. The van der Waals surface area contributed by atoms with Crippen molar-refractivity contribution in [3.05, 3.63) is 53.9 Å². The molecule has 152 valence electrons. The van der Waals surface area contributed by atoms with Gasteiger partial charge in [-0.2, -0.15) is 0 Å². The number of fused-ring (bicyclic) bond motifs is 1. The number of benzene rings is 1. The molecule has 1 amide bonds. The fourth-order valence-electron chi connectivity index (χ4n) is 4.93. The van der Waals surface area contributed by atoms with E-state index in [-0.39, 0.29) is 5.41 Å². The lowest BCUT2D eigenvalue weighted by molar-refractivity contribution is -0.146. The summed E-state index contributed by atoms with van der Waals surface area (Å²) < 4.78 is 11.3. The molecule has 0 saturated carbocycles. The van der Waals surface area contributed by atoms with Crippen LogP contribution in [0.4, 0.5) is 0 Å². The van der Waals surface area contributed by atoms with Gasteiger partial charge < -0.3 is 14.4 Å². The number of aromatic nitrogens is 1. The highest BCUT2D eigenvalue weighted by Crippen LogP contribution is 2.41. The summed E-state index contributed by atoms with van der Waals surface area (Å²) in [6.07, 6.45) is 6.64. The topological polar surface area (TPSA) is 54.9 Å². The van der Waals surface area contributed by atoms with Crippen LogP contribution >= 0.6 is 0 Å². The summed E-state index contributed by atoms with van der Waals surface area (Å²) in [4.78, 5) is 22.0. The van der Waals surface area contributed by atoms with E-state index in [2.05, 4.69) is 22.0 Å². The molecule has 1 aromatic carbocycles. The Balaban J connectivity index is 1.26. The molecule has 0 bridgehead atoms. The number of hydrogen-bond acceptors (Lipinski definition) is 5. The monoisotopic (exact) mass is 393 g/mol. The van der Waals surface area contributed by atoms with Gasteiger partial charge in [0.1, 0.15) is 13.2 Å². The van der Waals surface area contributed by atoms with Crippen molar-refractivity contribution >= 4 is 5.91 Å². The molecule has 3 aliphatic heterocycles. The van der Waals surface area contributed by atoms with Gasteiger partial charge in [0.05, 0.1) is 5.41 Å². The molecule has 1 aromatic heterocycles. The number of ether oxygens (including phenoxy) is 2. The smallest absolute Gasteiger partial charge is 0.230 e. The molecule has 2 aromatic rings. The van der Waals surface area contributed by atoms with Crippen LogP contribution in [-0.4, -0.2) is 53.5 Å². The summed E-state index contributed by atoms with van der Waals surface area (Å²) >= 11 is 0. The minimum Gasteiger partial charge on any atom is -0.486 e. The maximum Gasteiger partial charge on any atom is 0.230 e. The molecule has 6 nitrogen and oxygen atoms in total. The number of piperidine rings is 1. The van der Waals surface area contributed by atoms with Crippen molar-refractivity contribution < 1.29 is 14.3 Å². The van der Waals surface area contributed by atoms with E-state index in [1.165, 1.54) is 5.56 Å². The molecule has 6 heteroatoms. The molecule has 29 heavy (non-hydrogen) atoms. The summed E-state index contributed by atoms with van der Waals surface area (Å²) in [6, 6.07) is 10.2. The van der Waals surface area contributed by atoms with Crippen molar-refractivity contribution in [2.75, 3.05) is 32.8 Å². The maximum absolute atomic E-state index is 13.4. The summed E-state index contributed by atoms with van der Waals surface area (Å²) in [5.74, 6) is 1.97. The molecule has 1 atom stereocenters. The second-order valence-corrected chi connectivity index (χ2v) is 8.41. The SMILES string of the molecule is O=C1N(Cc2cccnc2)CCC[C@]12CCN(Cc1ccc3c(c1)OCCO3)C2. The molecular weight excluding hydrogens is 366 g/mol. The van der Waals surface area contributed by atoms with Crippen molar-refractivity contribution in [3.63, 3.8) is 0 Å². The number of likely N-dealkylation sites (tertiary alicyclic amines) is 2. The Morgan fingerprint density at radius 2 is 1.90 bits per heavy atom. The highest BCUT2D eigenvalue weighted by atomic mass is 16.6. The van der Waals surface area contributed by atoms with Gasteiger partial charge in [0.15, 0.2) is 11.5 Å². The number of hydrogen-bond donors (Lipinski definition) is 0. The van der Waals surface area contributed by atoms with Crippen molar-refractivity contribution in [1.29, 1.82) is 0 Å². The molecule has 0 unspecified atom stereocenters. The Kier molecular flexibility index (Phi) is 4.87. The first-order valence-electron chi connectivity index (χ1n) is 10.5. The molecule has 5 rings (SSSR count). The van der Waals surface area contributed by atoms with E-state index in [1.807, 2.05) is 29.3 Å². The number of rotatable bonds is 4. The van der Waals surface area contributed by atoms with Crippen LogP contribution in [0.25, 0.3) is 0 Å². The first-order valence-corrected chi connectivity index (χ1v) is 10.5. The third-order valence-electron chi connectivity index (χ3n) is 6.37. The second kappa shape index (κ2) is 7.67. The lowest BCUT2D eigenvalue weighted by atomic mass is 9.78. The molecule has 4 heterocycles. The second-order valence-electron chi connectivity index (χ2n) is 8.41. The predicted octanol–water partition coefficient (Wildman–Crippen LogP) is 2.87. The normalized spacial score (nSPS) is 24.3. The fraction of sp³-hybridized carbons (Fsp3) is 0.478. The minimum absolute atomic E-state index is 0.228. The zero-order valence-corrected chi connectivity index (χ0v) is 16.7.